The number of hydrogen-bond acceptors (Lipinski definition) is 5. The standard InChI is InChI=1S/C19H31N3O4S/c1-6-22(14(2)13-27(5,24)25)19(23)20-17-9-7-8-10-18(17)21-11-15(3)26-16(4)12-21/h7-10,14-16H,6,11-13H2,1-5H3,(H,20,23). The highest BCUT2D eigenvalue weighted by Gasteiger charge is 2.26. The fourth-order valence-corrected chi connectivity index (χ4v) is 4.66. The van der Waals surface area contributed by atoms with Gasteiger partial charge in [-0.25, -0.2) is 13.2 Å². The van der Waals surface area contributed by atoms with Gasteiger partial charge in [-0.15, -0.1) is 0 Å². The number of ether oxygens (including phenoxy) is 1. The third kappa shape index (κ3) is 6.10. The van der Waals surface area contributed by atoms with E-state index in [1.165, 1.54) is 6.26 Å². The van der Waals surface area contributed by atoms with Crippen molar-refractivity contribution in [1.29, 1.82) is 0 Å². The SMILES string of the molecule is CCN(C(=O)Nc1ccccc1N1CC(C)OC(C)C1)C(C)CS(C)(=O)=O. The lowest BCUT2D eigenvalue weighted by molar-refractivity contribution is -0.00517. The molecule has 1 aromatic carbocycles. The molecule has 0 saturated carbocycles. The second-order valence-corrected chi connectivity index (χ2v) is 9.52. The Labute approximate surface area is 162 Å². The van der Waals surface area contributed by atoms with Crippen molar-refractivity contribution in [2.75, 3.05) is 41.9 Å². The van der Waals surface area contributed by atoms with Crippen molar-refractivity contribution in [1.82, 2.24) is 4.90 Å². The van der Waals surface area contributed by atoms with Crippen LogP contribution in [0.15, 0.2) is 24.3 Å². The molecule has 1 N–H and O–H groups in total. The number of morpholine rings is 1. The van der Waals surface area contributed by atoms with Crippen LogP contribution in [0.4, 0.5) is 16.2 Å². The maximum Gasteiger partial charge on any atom is 0.322 e. The Morgan fingerprint density at radius 2 is 1.89 bits per heavy atom. The predicted molar refractivity (Wildman–Crippen MR) is 109 cm³/mol. The Morgan fingerprint density at radius 3 is 2.44 bits per heavy atom. The number of nitrogens with zero attached hydrogens (tertiary/aromatic N) is 2. The number of anilines is 2. The summed E-state index contributed by atoms with van der Waals surface area (Å²) < 4.78 is 29.0. The number of amides is 2. The van der Waals surface area contributed by atoms with Gasteiger partial charge in [-0.2, -0.15) is 0 Å². The molecule has 0 bridgehead atoms. The summed E-state index contributed by atoms with van der Waals surface area (Å²) in [5.41, 5.74) is 1.66. The molecule has 1 aliphatic heterocycles. The van der Waals surface area contributed by atoms with Crippen molar-refractivity contribution < 1.29 is 17.9 Å². The Morgan fingerprint density at radius 1 is 1.30 bits per heavy atom. The van der Waals surface area contributed by atoms with Gasteiger partial charge in [0.1, 0.15) is 9.84 Å². The quantitative estimate of drug-likeness (QED) is 0.798. The Hall–Kier alpha value is -1.80. The molecule has 0 spiro atoms. The molecule has 3 atom stereocenters. The van der Waals surface area contributed by atoms with Crippen molar-refractivity contribution in [3.05, 3.63) is 24.3 Å². The van der Waals surface area contributed by atoms with Gasteiger partial charge < -0.3 is 19.9 Å². The van der Waals surface area contributed by atoms with E-state index >= 15 is 0 Å². The largest absolute Gasteiger partial charge is 0.372 e. The first-order valence-electron chi connectivity index (χ1n) is 9.35. The molecule has 152 valence electrons. The summed E-state index contributed by atoms with van der Waals surface area (Å²) in [5, 5.41) is 2.96. The van der Waals surface area contributed by atoms with Gasteiger partial charge in [-0.05, 0) is 39.8 Å². The molecular formula is C19H31N3O4S. The van der Waals surface area contributed by atoms with Crippen LogP contribution in [0.5, 0.6) is 0 Å². The van der Waals surface area contributed by atoms with Crippen molar-refractivity contribution in [2.24, 2.45) is 0 Å². The van der Waals surface area contributed by atoms with Gasteiger partial charge in [0, 0.05) is 31.9 Å². The Kier molecular flexibility index (Phi) is 7.11. The zero-order valence-corrected chi connectivity index (χ0v) is 17.6. The summed E-state index contributed by atoms with van der Waals surface area (Å²) in [7, 11) is -3.17. The van der Waals surface area contributed by atoms with Gasteiger partial charge >= 0.3 is 6.03 Å². The van der Waals surface area contributed by atoms with Crippen molar-refractivity contribution in [2.45, 2.75) is 45.9 Å². The Bertz CT molecular complexity index is 743. The molecule has 2 amide bonds. The third-order valence-corrected chi connectivity index (χ3v) is 5.67. The highest BCUT2D eigenvalue weighted by Crippen LogP contribution is 2.29. The van der Waals surface area contributed by atoms with Crippen molar-refractivity contribution in [3.63, 3.8) is 0 Å². The minimum Gasteiger partial charge on any atom is -0.372 e. The van der Waals surface area contributed by atoms with E-state index in [-0.39, 0.29) is 24.0 Å². The molecule has 1 aliphatic rings. The third-order valence-electron chi connectivity index (χ3n) is 4.58. The van der Waals surface area contributed by atoms with Crippen LogP contribution in [0, 0.1) is 0 Å². The molecule has 1 saturated heterocycles. The van der Waals surface area contributed by atoms with E-state index in [1.54, 1.807) is 11.8 Å². The number of hydrogen-bond donors (Lipinski definition) is 1. The molecule has 7 nitrogen and oxygen atoms in total. The number of carbonyl (C=O) groups excluding carboxylic acids is 1. The average Bonchev–Trinajstić information content (AvgIpc) is 2.53. The minimum atomic E-state index is -3.17. The van der Waals surface area contributed by atoms with E-state index in [0.717, 1.165) is 18.8 Å². The van der Waals surface area contributed by atoms with Crippen molar-refractivity contribution in [3.8, 4) is 0 Å². The van der Waals surface area contributed by atoms with Gasteiger partial charge in [-0.1, -0.05) is 12.1 Å². The minimum absolute atomic E-state index is 0.0611. The first-order valence-corrected chi connectivity index (χ1v) is 11.4. The van der Waals surface area contributed by atoms with E-state index in [4.69, 9.17) is 4.74 Å². The summed E-state index contributed by atoms with van der Waals surface area (Å²) in [6.45, 7) is 9.59. The second kappa shape index (κ2) is 8.93. The van der Waals surface area contributed by atoms with E-state index in [2.05, 4.69) is 10.2 Å². The number of rotatable bonds is 6. The zero-order chi connectivity index (χ0) is 20.2. The molecule has 27 heavy (non-hydrogen) atoms. The lowest BCUT2D eigenvalue weighted by atomic mass is 10.1. The van der Waals surface area contributed by atoms with E-state index < -0.39 is 15.9 Å². The Balaban J connectivity index is 2.18. The van der Waals surface area contributed by atoms with Crippen LogP contribution in [-0.4, -0.2) is 69.2 Å². The van der Waals surface area contributed by atoms with Crippen LogP contribution in [-0.2, 0) is 14.6 Å². The van der Waals surface area contributed by atoms with Crippen LogP contribution < -0.4 is 10.2 Å². The molecule has 0 radical (unpaired) electrons. The van der Waals surface area contributed by atoms with E-state index in [9.17, 15) is 13.2 Å². The first-order chi connectivity index (χ1) is 12.6. The van der Waals surface area contributed by atoms with Gasteiger partial charge in [0.15, 0.2) is 0 Å². The number of urea groups is 1. The summed E-state index contributed by atoms with van der Waals surface area (Å²) in [6.07, 6.45) is 1.41. The molecule has 2 rings (SSSR count). The molecule has 0 aliphatic carbocycles. The molecule has 8 heteroatoms. The maximum atomic E-state index is 12.8. The monoisotopic (exact) mass is 397 g/mol. The number of nitrogens with one attached hydrogen (secondary N) is 1. The van der Waals surface area contributed by atoms with Gasteiger partial charge in [0.05, 0.1) is 29.3 Å². The van der Waals surface area contributed by atoms with Crippen LogP contribution >= 0.6 is 0 Å². The lowest BCUT2D eigenvalue weighted by Crippen LogP contribution is -2.46. The molecule has 3 unspecified atom stereocenters. The number of benzene rings is 1. The van der Waals surface area contributed by atoms with E-state index in [1.807, 2.05) is 45.0 Å². The van der Waals surface area contributed by atoms with Crippen LogP contribution in [0.1, 0.15) is 27.7 Å². The number of carbonyl (C=O) groups is 1. The van der Waals surface area contributed by atoms with Crippen LogP contribution in [0.25, 0.3) is 0 Å². The molecule has 1 heterocycles. The summed E-state index contributed by atoms with van der Waals surface area (Å²) in [5.74, 6) is -0.0611. The second-order valence-electron chi connectivity index (χ2n) is 7.34. The smallest absolute Gasteiger partial charge is 0.322 e. The van der Waals surface area contributed by atoms with E-state index in [0.29, 0.717) is 12.2 Å². The van der Waals surface area contributed by atoms with Gasteiger partial charge in [-0.3, -0.25) is 0 Å². The first kappa shape index (κ1) is 21.5. The molecular weight excluding hydrogens is 366 g/mol. The van der Waals surface area contributed by atoms with Crippen molar-refractivity contribution >= 4 is 27.2 Å². The maximum absolute atomic E-state index is 12.8. The topological polar surface area (TPSA) is 79.0 Å². The molecule has 0 aromatic heterocycles. The molecule has 1 fully saturated rings. The summed E-state index contributed by atoms with van der Waals surface area (Å²) in [6, 6.07) is 6.97. The summed E-state index contributed by atoms with van der Waals surface area (Å²) >= 11 is 0. The average molecular weight is 398 g/mol. The lowest BCUT2D eigenvalue weighted by Gasteiger charge is -2.38. The van der Waals surface area contributed by atoms with Gasteiger partial charge in [0.25, 0.3) is 0 Å². The predicted octanol–water partition coefficient (Wildman–Crippen LogP) is 2.59. The normalized spacial score (nSPS) is 21.6. The van der Waals surface area contributed by atoms with Crippen LogP contribution in [0.3, 0.4) is 0 Å². The fraction of sp³-hybridized carbons (Fsp3) is 0.632. The zero-order valence-electron chi connectivity index (χ0n) is 16.8. The highest BCUT2D eigenvalue weighted by atomic mass is 32.2. The summed E-state index contributed by atoms with van der Waals surface area (Å²) in [4.78, 5) is 16.6. The van der Waals surface area contributed by atoms with Gasteiger partial charge in [0.2, 0.25) is 0 Å². The molecule has 1 aromatic rings. The number of para-hydroxylation sites is 2. The number of sulfone groups is 1. The fourth-order valence-electron chi connectivity index (χ4n) is 3.60. The highest BCUT2D eigenvalue weighted by molar-refractivity contribution is 7.90. The van der Waals surface area contributed by atoms with Crippen LogP contribution in [0.2, 0.25) is 0 Å².